The van der Waals surface area contributed by atoms with Gasteiger partial charge in [0.05, 0.1) is 11.3 Å². The number of aromatic nitrogens is 2. The fourth-order valence-electron chi connectivity index (χ4n) is 2.41. The van der Waals surface area contributed by atoms with Crippen LogP contribution >= 0.6 is 0 Å². The Morgan fingerprint density at radius 2 is 1.88 bits per heavy atom. The molecule has 0 unspecified atom stereocenters. The fourth-order valence-corrected chi connectivity index (χ4v) is 2.41. The van der Waals surface area contributed by atoms with Crippen LogP contribution in [-0.2, 0) is 15.9 Å². The van der Waals surface area contributed by atoms with Crippen LogP contribution in [0, 0.1) is 0 Å². The van der Waals surface area contributed by atoms with Crippen molar-refractivity contribution in [2.24, 2.45) is 0 Å². The maximum Gasteiger partial charge on any atom is 0.355 e. The summed E-state index contributed by atoms with van der Waals surface area (Å²) in [5.74, 6) is -1.22. The van der Waals surface area contributed by atoms with Crippen LogP contribution in [0.3, 0.4) is 0 Å². The van der Waals surface area contributed by atoms with Crippen molar-refractivity contribution in [3.8, 4) is 0 Å². The summed E-state index contributed by atoms with van der Waals surface area (Å²) in [6, 6.07) is 0. The first-order chi connectivity index (χ1) is 7.65. The third kappa shape index (κ3) is 1.64. The highest BCUT2D eigenvalue weighted by atomic mass is 16.5. The standard InChI is InChI=1S/C11H14N2O4/c1-10(2)5-6(8(14)15)12-9(16)13-7(5)11(3,4)17-10/h1-4H3,(H,14,15)(H,12,13,16). The number of fused-ring (bicyclic) bond motifs is 1. The van der Waals surface area contributed by atoms with E-state index in [1.807, 2.05) is 0 Å². The molecule has 92 valence electrons. The lowest BCUT2D eigenvalue weighted by Crippen LogP contribution is -2.25. The Labute approximate surface area is 97.7 Å². The van der Waals surface area contributed by atoms with Crippen molar-refractivity contribution in [1.82, 2.24) is 9.97 Å². The quantitative estimate of drug-likeness (QED) is 0.760. The molecule has 2 N–H and O–H groups in total. The van der Waals surface area contributed by atoms with E-state index in [-0.39, 0.29) is 5.69 Å². The van der Waals surface area contributed by atoms with Gasteiger partial charge in [0.25, 0.3) is 0 Å². The van der Waals surface area contributed by atoms with Gasteiger partial charge in [-0.25, -0.2) is 9.59 Å². The normalized spacial score (nSPS) is 20.0. The van der Waals surface area contributed by atoms with Gasteiger partial charge in [0.2, 0.25) is 0 Å². The van der Waals surface area contributed by atoms with Gasteiger partial charge in [-0.1, -0.05) is 0 Å². The predicted molar refractivity (Wildman–Crippen MR) is 59.0 cm³/mol. The van der Waals surface area contributed by atoms with Crippen LogP contribution in [-0.4, -0.2) is 21.0 Å². The summed E-state index contributed by atoms with van der Waals surface area (Å²) >= 11 is 0. The van der Waals surface area contributed by atoms with E-state index in [1.165, 1.54) is 0 Å². The molecule has 0 radical (unpaired) electrons. The SMILES string of the molecule is CC1(C)OC(C)(C)c2c(C(=O)O)nc(=O)[nH]c21. The van der Waals surface area contributed by atoms with Crippen LogP contribution in [0.15, 0.2) is 4.79 Å². The largest absolute Gasteiger partial charge is 0.476 e. The molecule has 0 atom stereocenters. The van der Waals surface area contributed by atoms with Crippen molar-refractivity contribution in [3.05, 3.63) is 27.4 Å². The molecule has 2 rings (SSSR count). The summed E-state index contributed by atoms with van der Waals surface area (Å²) in [6.07, 6.45) is 0. The van der Waals surface area contributed by atoms with Crippen molar-refractivity contribution in [1.29, 1.82) is 0 Å². The van der Waals surface area contributed by atoms with Crippen molar-refractivity contribution < 1.29 is 14.6 Å². The maximum atomic E-state index is 11.4. The zero-order valence-electron chi connectivity index (χ0n) is 10.1. The molecule has 0 fully saturated rings. The van der Waals surface area contributed by atoms with Crippen LogP contribution in [0.5, 0.6) is 0 Å². The van der Waals surface area contributed by atoms with E-state index in [9.17, 15) is 9.59 Å². The smallest absolute Gasteiger partial charge is 0.355 e. The van der Waals surface area contributed by atoms with Crippen LogP contribution in [0.2, 0.25) is 0 Å². The van der Waals surface area contributed by atoms with Gasteiger partial charge in [0.1, 0.15) is 5.60 Å². The molecular formula is C11H14N2O4. The Morgan fingerprint density at radius 3 is 2.41 bits per heavy atom. The Kier molecular flexibility index (Phi) is 2.19. The Balaban J connectivity index is 2.86. The number of nitrogens with zero attached hydrogens (tertiary/aromatic N) is 1. The van der Waals surface area contributed by atoms with Crippen LogP contribution in [0.25, 0.3) is 0 Å². The number of rotatable bonds is 1. The van der Waals surface area contributed by atoms with Crippen molar-refractivity contribution in [3.63, 3.8) is 0 Å². The van der Waals surface area contributed by atoms with Gasteiger partial charge in [-0.05, 0) is 27.7 Å². The van der Waals surface area contributed by atoms with Gasteiger partial charge in [-0.2, -0.15) is 4.98 Å². The van der Waals surface area contributed by atoms with Crippen molar-refractivity contribution in [2.45, 2.75) is 38.9 Å². The van der Waals surface area contributed by atoms with E-state index in [0.29, 0.717) is 11.3 Å². The number of nitrogens with one attached hydrogen (secondary N) is 1. The number of hydrogen-bond acceptors (Lipinski definition) is 4. The van der Waals surface area contributed by atoms with E-state index in [0.717, 1.165) is 0 Å². The minimum Gasteiger partial charge on any atom is -0.476 e. The van der Waals surface area contributed by atoms with Crippen molar-refractivity contribution in [2.75, 3.05) is 0 Å². The lowest BCUT2D eigenvalue weighted by molar-refractivity contribution is -0.106. The molecule has 0 amide bonds. The monoisotopic (exact) mass is 238 g/mol. The fraction of sp³-hybridized carbons (Fsp3) is 0.545. The molecular weight excluding hydrogens is 224 g/mol. The van der Waals surface area contributed by atoms with Gasteiger partial charge in [-0.15, -0.1) is 0 Å². The number of aromatic amines is 1. The molecule has 1 aliphatic heterocycles. The molecule has 0 spiro atoms. The summed E-state index contributed by atoms with van der Waals surface area (Å²) < 4.78 is 5.78. The molecule has 0 aliphatic carbocycles. The Morgan fingerprint density at radius 1 is 1.29 bits per heavy atom. The molecule has 1 aliphatic rings. The van der Waals surface area contributed by atoms with E-state index in [4.69, 9.17) is 9.84 Å². The van der Waals surface area contributed by atoms with E-state index < -0.39 is 22.9 Å². The van der Waals surface area contributed by atoms with E-state index in [1.54, 1.807) is 27.7 Å². The van der Waals surface area contributed by atoms with Gasteiger partial charge in [-0.3, -0.25) is 0 Å². The first-order valence-corrected chi connectivity index (χ1v) is 5.24. The lowest BCUT2D eigenvalue weighted by Gasteiger charge is -2.24. The molecule has 17 heavy (non-hydrogen) atoms. The number of ether oxygens (including phenoxy) is 1. The van der Waals surface area contributed by atoms with E-state index in [2.05, 4.69) is 9.97 Å². The third-order valence-corrected chi connectivity index (χ3v) is 2.85. The third-order valence-electron chi connectivity index (χ3n) is 2.85. The van der Waals surface area contributed by atoms with Gasteiger partial charge < -0.3 is 14.8 Å². The van der Waals surface area contributed by atoms with Crippen molar-refractivity contribution >= 4 is 5.97 Å². The molecule has 0 saturated carbocycles. The first-order valence-electron chi connectivity index (χ1n) is 5.24. The Hall–Kier alpha value is -1.69. The highest BCUT2D eigenvalue weighted by Crippen LogP contribution is 2.45. The molecule has 1 aromatic heterocycles. The zero-order valence-corrected chi connectivity index (χ0v) is 10.1. The first kappa shape index (κ1) is 11.8. The van der Waals surface area contributed by atoms with Crippen LogP contribution in [0.4, 0.5) is 0 Å². The lowest BCUT2D eigenvalue weighted by atomic mass is 9.93. The highest BCUT2D eigenvalue weighted by molar-refractivity contribution is 5.88. The number of H-pyrrole nitrogens is 1. The minimum atomic E-state index is -1.22. The topological polar surface area (TPSA) is 92.3 Å². The number of aromatic carboxylic acids is 1. The maximum absolute atomic E-state index is 11.4. The zero-order chi connectivity index (χ0) is 13.0. The molecule has 0 aromatic carbocycles. The molecule has 2 heterocycles. The average molecular weight is 238 g/mol. The summed E-state index contributed by atoms with van der Waals surface area (Å²) in [6.45, 7) is 7.07. The number of carboxylic acid groups (broad SMARTS) is 1. The number of hydrogen-bond donors (Lipinski definition) is 2. The molecule has 0 bridgehead atoms. The predicted octanol–water partition coefficient (Wildman–Crippen LogP) is 0.969. The highest BCUT2D eigenvalue weighted by Gasteiger charge is 2.47. The average Bonchev–Trinajstić information content (AvgIpc) is 2.31. The van der Waals surface area contributed by atoms with Crippen LogP contribution < -0.4 is 5.69 Å². The van der Waals surface area contributed by atoms with E-state index >= 15 is 0 Å². The minimum absolute atomic E-state index is 0.237. The molecule has 1 aromatic rings. The molecule has 6 heteroatoms. The second-order valence-corrected chi connectivity index (χ2v) is 5.07. The molecule has 6 nitrogen and oxygen atoms in total. The molecule has 0 saturated heterocycles. The van der Waals surface area contributed by atoms with Gasteiger partial charge in [0, 0.05) is 5.56 Å². The summed E-state index contributed by atoms with van der Waals surface area (Å²) in [5, 5.41) is 9.11. The Bertz CT molecular complexity index is 557. The summed E-state index contributed by atoms with van der Waals surface area (Å²) in [5.41, 5.74) is -1.50. The number of carbonyl (C=O) groups is 1. The second kappa shape index (κ2) is 3.16. The summed E-state index contributed by atoms with van der Waals surface area (Å²) in [7, 11) is 0. The van der Waals surface area contributed by atoms with Gasteiger partial charge in [0.15, 0.2) is 5.69 Å². The summed E-state index contributed by atoms with van der Waals surface area (Å²) in [4.78, 5) is 28.6. The number of carboxylic acids is 1. The van der Waals surface area contributed by atoms with Crippen LogP contribution in [0.1, 0.15) is 49.4 Å². The second-order valence-electron chi connectivity index (χ2n) is 5.07. The van der Waals surface area contributed by atoms with Gasteiger partial charge >= 0.3 is 11.7 Å².